The van der Waals surface area contributed by atoms with Gasteiger partial charge in [0, 0.05) is 5.94 Å². The molecule has 11 heteroatoms. The maximum atomic E-state index is 11.0. The van der Waals surface area contributed by atoms with Gasteiger partial charge in [0.15, 0.2) is 0 Å². The SMILES string of the molecule is O=C(O)CC1CCC(NC(O)C(CC(=O)O)C(=O)O)B(O)O1. The van der Waals surface area contributed by atoms with E-state index in [9.17, 15) is 24.5 Å². The Balaban J connectivity index is 2.57. The molecule has 0 spiro atoms. The number of carbonyl (C=O) groups is 3. The van der Waals surface area contributed by atoms with Crippen molar-refractivity contribution in [1.29, 1.82) is 0 Å². The number of aliphatic carboxylic acids is 3. The minimum atomic E-state index is -1.69. The molecule has 1 aliphatic heterocycles. The molecule has 4 atom stereocenters. The van der Waals surface area contributed by atoms with Gasteiger partial charge in [-0.1, -0.05) is 0 Å². The Hall–Kier alpha value is -1.69. The van der Waals surface area contributed by atoms with Gasteiger partial charge >= 0.3 is 25.0 Å². The second kappa shape index (κ2) is 8.08. The van der Waals surface area contributed by atoms with E-state index < -0.39 is 55.6 Å². The third kappa shape index (κ3) is 5.60. The molecule has 1 aliphatic rings. The van der Waals surface area contributed by atoms with Gasteiger partial charge in [0.25, 0.3) is 0 Å². The van der Waals surface area contributed by atoms with Gasteiger partial charge in [0.2, 0.25) is 0 Å². The Morgan fingerprint density at radius 1 is 1.18 bits per heavy atom. The van der Waals surface area contributed by atoms with Crippen molar-refractivity contribution in [2.24, 2.45) is 5.92 Å². The van der Waals surface area contributed by atoms with Crippen LogP contribution in [0.25, 0.3) is 0 Å². The van der Waals surface area contributed by atoms with Gasteiger partial charge in [-0.2, -0.15) is 0 Å². The largest absolute Gasteiger partial charge is 0.481 e. The fourth-order valence-electron chi connectivity index (χ4n) is 2.24. The zero-order valence-corrected chi connectivity index (χ0v) is 11.6. The maximum Gasteiger partial charge on any atom is 0.472 e. The number of aliphatic hydroxyl groups is 1. The van der Waals surface area contributed by atoms with Gasteiger partial charge in [-0.3, -0.25) is 19.7 Å². The third-order valence-corrected chi connectivity index (χ3v) is 3.36. The van der Waals surface area contributed by atoms with Gasteiger partial charge in [-0.05, 0) is 12.8 Å². The van der Waals surface area contributed by atoms with Crippen LogP contribution in [-0.4, -0.2) is 68.7 Å². The summed E-state index contributed by atoms with van der Waals surface area (Å²) in [7, 11) is -1.42. The molecule has 0 aromatic heterocycles. The van der Waals surface area contributed by atoms with Crippen molar-refractivity contribution < 1.29 is 44.5 Å². The van der Waals surface area contributed by atoms with Crippen molar-refractivity contribution >= 4 is 25.0 Å². The van der Waals surface area contributed by atoms with E-state index in [4.69, 9.17) is 20.0 Å². The number of aliphatic hydroxyl groups excluding tert-OH is 1. The summed E-state index contributed by atoms with van der Waals surface area (Å²) in [4.78, 5) is 32.1. The summed E-state index contributed by atoms with van der Waals surface area (Å²) >= 11 is 0. The standard InChI is InChI=1S/C11H18BNO9/c14-8(15)3-5-1-2-7(12(21)22-5)13-10(18)6(11(19)20)4-9(16)17/h5-7,10,13,18,21H,1-4H2,(H,14,15)(H,16,17)(H,19,20). The van der Waals surface area contributed by atoms with E-state index in [1.807, 2.05) is 0 Å². The van der Waals surface area contributed by atoms with Crippen LogP contribution in [0.4, 0.5) is 0 Å². The minimum Gasteiger partial charge on any atom is -0.481 e. The zero-order valence-electron chi connectivity index (χ0n) is 11.6. The number of rotatable bonds is 8. The molecule has 0 aromatic carbocycles. The van der Waals surface area contributed by atoms with Crippen LogP contribution in [0.2, 0.25) is 0 Å². The fraction of sp³-hybridized carbons (Fsp3) is 0.727. The van der Waals surface area contributed by atoms with Crippen molar-refractivity contribution in [1.82, 2.24) is 5.32 Å². The summed E-state index contributed by atoms with van der Waals surface area (Å²) in [5, 5.41) is 48.1. The number of carboxylic acids is 3. The lowest BCUT2D eigenvalue weighted by Gasteiger charge is -2.33. The van der Waals surface area contributed by atoms with Gasteiger partial charge in [-0.15, -0.1) is 0 Å². The Bertz CT molecular complexity index is 432. The molecule has 0 radical (unpaired) electrons. The highest BCUT2D eigenvalue weighted by Crippen LogP contribution is 2.20. The van der Waals surface area contributed by atoms with Crippen molar-refractivity contribution in [3.8, 4) is 0 Å². The second-order valence-electron chi connectivity index (χ2n) is 5.08. The van der Waals surface area contributed by atoms with Crippen LogP contribution in [-0.2, 0) is 19.0 Å². The molecule has 1 rings (SSSR count). The maximum absolute atomic E-state index is 11.0. The van der Waals surface area contributed by atoms with Crippen LogP contribution < -0.4 is 5.32 Å². The Labute approximate surface area is 125 Å². The molecule has 1 heterocycles. The van der Waals surface area contributed by atoms with Crippen LogP contribution >= 0.6 is 0 Å². The lowest BCUT2D eigenvalue weighted by molar-refractivity contribution is -0.153. The lowest BCUT2D eigenvalue weighted by Crippen LogP contribution is -2.56. The van der Waals surface area contributed by atoms with E-state index in [1.54, 1.807) is 0 Å². The van der Waals surface area contributed by atoms with Crippen LogP contribution in [0.3, 0.4) is 0 Å². The monoisotopic (exact) mass is 319 g/mol. The summed E-state index contributed by atoms with van der Waals surface area (Å²) in [5.74, 6) is -6.35. The quantitative estimate of drug-likeness (QED) is 0.219. The zero-order chi connectivity index (χ0) is 16.9. The molecule has 1 fully saturated rings. The first kappa shape index (κ1) is 18.4. The van der Waals surface area contributed by atoms with Gasteiger partial charge < -0.3 is 30.1 Å². The molecule has 6 N–H and O–H groups in total. The molecule has 4 unspecified atom stereocenters. The van der Waals surface area contributed by atoms with Crippen molar-refractivity contribution in [3.63, 3.8) is 0 Å². The van der Waals surface area contributed by atoms with Gasteiger partial charge in [-0.25, -0.2) is 0 Å². The number of carboxylic acid groups (broad SMARTS) is 3. The molecule has 0 amide bonds. The van der Waals surface area contributed by atoms with Gasteiger partial charge in [0.05, 0.1) is 18.9 Å². The first-order valence-corrected chi connectivity index (χ1v) is 6.64. The van der Waals surface area contributed by atoms with Crippen LogP contribution in [0.1, 0.15) is 25.7 Å². The number of nitrogens with one attached hydrogen (secondary N) is 1. The van der Waals surface area contributed by atoms with E-state index in [0.717, 1.165) is 0 Å². The highest BCUT2D eigenvalue weighted by Gasteiger charge is 2.39. The predicted molar refractivity (Wildman–Crippen MR) is 70.6 cm³/mol. The molecular formula is C11H18BNO9. The summed E-state index contributed by atoms with van der Waals surface area (Å²) < 4.78 is 5.07. The van der Waals surface area contributed by atoms with Crippen LogP contribution in [0.15, 0.2) is 0 Å². The molecule has 10 nitrogen and oxygen atoms in total. The molecule has 0 aliphatic carbocycles. The van der Waals surface area contributed by atoms with Gasteiger partial charge in [0.1, 0.15) is 12.1 Å². The normalized spacial score (nSPS) is 24.5. The Morgan fingerprint density at radius 3 is 2.27 bits per heavy atom. The lowest BCUT2D eigenvalue weighted by atomic mass is 9.72. The summed E-state index contributed by atoms with van der Waals surface area (Å²) in [6.07, 6.45) is -2.87. The molecule has 0 aromatic rings. The van der Waals surface area contributed by atoms with E-state index in [0.29, 0.717) is 6.42 Å². The third-order valence-electron chi connectivity index (χ3n) is 3.36. The molecular weight excluding hydrogens is 301 g/mol. The average Bonchev–Trinajstić information content (AvgIpc) is 2.37. The number of hydrogen-bond donors (Lipinski definition) is 6. The first-order valence-electron chi connectivity index (χ1n) is 6.64. The molecule has 124 valence electrons. The van der Waals surface area contributed by atoms with E-state index >= 15 is 0 Å². The summed E-state index contributed by atoms with van der Waals surface area (Å²) in [6, 6.07) is 0. The number of hydrogen-bond acceptors (Lipinski definition) is 7. The smallest absolute Gasteiger partial charge is 0.472 e. The Morgan fingerprint density at radius 2 is 1.82 bits per heavy atom. The van der Waals surface area contributed by atoms with E-state index in [-0.39, 0.29) is 12.8 Å². The highest BCUT2D eigenvalue weighted by atomic mass is 16.5. The topological polar surface area (TPSA) is 174 Å². The second-order valence-corrected chi connectivity index (χ2v) is 5.08. The van der Waals surface area contributed by atoms with Crippen molar-refractivity contribution in [2.45, 2.75) is 44.0 Å². The Kier molecular flexibility index (Phi) is 6.75. The highest BCUT2D eigenvalue weighted by molar-refractivity contribution is 6.45. The summed E-state index contributed by atoms with van der Waals surface area (Å²) in [5.41, 5.74) is 0. The first-order chi connectivity index (χ1) is 10.2. The van der Waals surface area contributed by atoms with Crippen LogP contribution in [0.5, 0.6) is 0 Å². The summed E-state index contributed by atoms with van der Waals surface area (Å²) in [6.45, 7) is 0. The van der Waals surface area contributed by atoms with E-state index in [2.05, 4.69) is 5.32 Å². The molecule has 22 heavy (non-hydrogen) atoms. The minimum absolute atomic E-state index is 0.246. The van der Waals surface area contributed by atoms with Crippen molar-refractivity contribution in [3.05, 3.63) is 0 Å². The van der Waals surface area contributed by atoms with Crippen molar-refractivity contribution in [2.75, 3.05) is 0 Å². The molecule has 0 bridgehead atoms. The average molecular weight is 319 g/mol. The predicted octanol–water partition coefficient (Wildman–Crippen LogP) is -1.89. The van der Waals surface area contributed by atoms with E-state index in [1.165, 1.54) is 0 Å². The molecule has 1 saturated heterocycles. The molecule has 0 saturated carbocycles. The fourth-order valence-corrected chi connectivity index (χ4v) is 2.24. The van der Waals surface area contributed by atoms with Crippen LogP contribution in [0, 0.1) is 5.92 Å².